The average Bonchev–Trinajstić information content (AvgIpc) is 1.82. The van der Waals surface area contributed by atoms with Crippen molar-refractivity contribution >= 4 is 12.1 Å². The van der Waals surface area contributed by atoms with Crippen molar-refractivity contribution in [2.75, 3.05) is 0 Å². The normalized spacial score (nSPS) is 7.70. The molecule has 56 valence electrons. The van der Waals surface area contributed by atoms with Gasteiger partial charge in [-0.2, -0.15) is 5.48 Å². The monoisotopic (exact) mass is 145 g/mol. The van der Waals surface area contributed by atoms with E-state index >= 15 is 0 Å². The Hall–Kier alpha value is -1.52. The van der Waals surface area contributed by atoms with Crippen LogP contribution < -0.4 is 5.48 Å². The summed E-state index contributed by atoms with van der Waals surface area (Å²) in [5, 5.41) is 0. The molecular weight excluding hydrogens is 138 g/mol. The van der Waals surface area contributed by atoms with Crippen LogP contribution in [0.1, 0.15) is 6.92 Å². The van der Waals surface area contributed by atoms with Crippen LogP contribution in [0.4, 0.5) is 4.79 Å². The molecule has 0 atom stereocenters. The largest absolute Gasteiger partial charge is 0.448 e. The standard InChI is InChI=1S/C5H7NO4/c1-3-9-6-5(8)10-4(2)7/h3H,1H2,2H3,(H,6,8). The van der Waals surface area contributed by atoms with E-state index in [1.807, 2.05) is 0 Å². The first-order valence-electron chi connectivity index (χ1n) is 2.41. The molecule has 0 heterocycles. The molecule has 0 rings (SSSR count). The van der Waals surface area contributed by atoms with Crippen molar-refractivity contribution in [3.63, 3.8) is 0 Å². The van der Waals surface area contributed by atoms with Gasteiger partial charge in [0, 0.05) is 6.92 Å². The highest BCUT2D eigenvalue weighted by Crippen LogP contribution is 1.78. The number of ether oxygens (including phenoxy) is 1. The third-order valence-corrected chi connectivity index (χ3v) is 0.462. The minimum atomic E-state index is -0.965. The van der Waals surface area contributed by atoms with Gasteiger partial charge in [0.05, 0.1) is 0 Å². The zero-order valence-corrected chi connectivity index (χ0v) is 5.42. The zero-order valence-electron chi connectivity index (χ0n) is 5.42. The van der Waals surface area contributed by atoms with Crippen LogP contribution >= 0.6 is 0 Å². The first kappa shape index (κ1) is 8.48. The summed E-state index contributed by atoms with van der Waals surface area (Å²) in [6.45, 7) is 4.24. The summed E-state index contributed by atoms with van der Waals surface area (Å²) >= 11 is 0. The Balaban J connectivity index is 3.43. The number of hydroxylamine groups is 1. The first-order chi connectivity index (χ1) is 4.66. The maximum absolute atomic E-state index is 10.3. The van der Waals surface area contributed by atoms with E-state index in [4.69, 9.17) is 0 Å². The second kappa shape index (κ2) is 4.37. The predicted molar refractivity (Wildman–Crippen MR) is 31.6 cm³/mol. The molecule has 5 nitrogen and oxygen atoms in total. The maximum atomic E-state index is 10.3. The second-order valence-corrected chi connectivity index (χ2v) is 1.27. The van der Waals surface area contributed by atoms with Crippen molar-refractivity contribution in [3.05, 3.63) is 12.8 Å². The number of nitrogens with one attached hydrogen (secondary N) is 1. The molecule has 0 saturated heterocycles. The highest BCUT2D eigenvalue weighted by Gasteiger charge is 2.02. The van der Waals surface area contributed by atoms with Gasteiger partial charge in [-0.05, 0) is 0 Å². The molecule has 10 heavy (non-hydrogen) atoms. The smallest absolute Gasteiger partial charge is 0.385 e. The molecule has 0 saturated carbocycles. The SMILES string of the molecule is C=CONC(=O)OC(C)=O. The van der Waals surface area contributed by atoms with Crippen molar-refractivity contribution in [3.8, 4) is 0 Å². The molecule has 0 bridgehead atoms. The molecular formula is C5H7NO4. The van der Waals surface area contributed by atoms with E-state index in [0.29, 0.717) is 0 Å². The van der Waals surface area contributed by atoms with E-state index in [1.165, 1.54) is 0 Å². The zero-order chi connectivity index (χ0) is 7.98. The Morgan fingerprint density at radius 3 is 2.60 bits per heavy atom. The van der Waals surface area contributed by atoms with Crippen LogP contribution in [0.2, 0.25) is 0 Å². The van der Waals surface area contributed by atoms with Gasteiger partial charge >= 0.3 is 12.1 Å². The fourth-order valence-corrected chi connectivity index (χ4v) is 0.241. The van der Waals surface area contributed by atoms with Crippen molar-refractivity contribution < 1.29 is 19.2 Å². The number of amides is 1. The Morgan fingerprint density at radius 1 is 1.60 bits per heavy atom. The minimum Gasteiger partial charge on any atom is -0.385 e. The van der Waals surface area contributed by atoms with Gasteiger partial charge < -0.3 is 9.57 Å². The van der Waals surface area contributed by atoms with Gasteiger partial charge in [0.25, 0.3) is 0 Å². The molecule has 0 fully saturated rings. The van der Waals surface area contributed by atoms with Gasteiger partial charge in [-0.15, -0.1) is 0 Å². The Bertz CT molecular complexity index is 154. The van der Waals surface area contributed by atoms with Gasteiger partial charge in [-0.25, -0.2) is 4.79 Å². The number of carbonyl (C=O) groups excluding carboxylic acids is 2. The first-order valence-corrected chi connectivity index (χ1v) is 2.41. The molecule has 0 aromatic heterocycles. The summed E-state index contributed by atoms with van der Waals surface area (Å²) in [5.74, 6) is -0.704. The fourth-order valence-electron chi connectivity index (χ4n) is 0.241. The third kappa shape index (κ3) is 4.63. The molecule has 1 amide bonds. The van der Waals surface area contributed by atoms with E-state index in [2.05, 4.69) is 16.2 Å². The maximum Gasteiger partial charge on any atom is 0.448 e. The number of rotatable bonds is 2. The van der Waals surface area contributed by atoms with Gasteiger partial charge in [-0.1, -0.05) is 6.58 Å². The van der Waals surface area contributed by atoms with E-state index in [1.54, 1.807) is 5.48 Å². The van der Waals surface area contributed by atoms with Crippen LogP contribution in [0.3, 0.4) is 0 Å². The minimum absolute atomic E-state index is 0.704. The second-order valence-electron chi connectivity index (χ2n) is 1.27. The Kier molecular flexibility index (Phi) is 3.70. The molecule has 0 unspecified atom stereocenters. The summed E-state index contributed by atoms with van der Waals surface area (Å²) in [7, 11) is 0. The van der Waals surface area contributed by atoms with Crippen LogP contribution in [0, 0.1) is 0 Å². The van der Waals surface area contributed by atoms with Crippen LogP contribution in [-0.2, 0) is 14.4 Å². The fraction of sp³-hybridized carbons (Fsp3) is 0.200. The van der Waals surface area contributed by atoms with Crippen LogP contribution in [0.25, 0.3) is 0 Å². The van der Waals surface area contributed by atoms with Crippen LogP contribution in [0.5, 0.6) is 0 Å². The summed E-state index contributed by atoms with van der Waals surface area (Å²) in [5.41, 5.74) is 1.76. The topological polar surface area (TPSA) is 64.6 Å². The summed E-state index contributed by atoms with van der Waals surface area (Å²) in [4.78, 5) is 24.5. The van der Waals surface area contributed by atoms with E-state index in [0.717, 1.165) is 13.2 Å². The number of hydrogen-bond acceptors (Lipinski definition) is 4. The van der Waals surface area contributed by atoms with E-state index in [9.17, 15) is 9.59 Å². The van der Waals surface area contributed by atoms with Crippen LogP contribution in [0.15, 0.2) is 12.8 Å². The molecule has 0 radical (unpaired) electrons. The van der Waals surface area contributed by atoms with Gasteiger partial charge in [0.1, 0.15) is 6.26 Å². The van der Waals surface area contributed by atoms with Crippen molar-refractivity contribution in [2.24, 2.45) is 0 Å². The molecule has 0 aromatic rings. The Labute approximate surface area is 57.6 Å². The predicted octanol–water partition coefficient (Wildman–Crippen LogP) is 0.334. The van der Waals surface area contributed by atoms with Gasteiger partial charge in [-0.3, -0.25) is 4.79 Å². The molecule has 5 heteroatoms. The molecule has 0 aliphatic rings. The third-order valence-electron chi connectivity index (χ3n) is 0.462. The summed E-state index contributed by atoms with van der Waals surface area (Å²) in [6, 6.07) is 0. The van der Waals surface area contributed by atoms with Crippen molar-refractivity contribution in [1.82, 2.24) is 5.48 Å². The Morgan fingerprint density at radius 2 is 2.20 bits per heavy atom. The molecule has 1 N–H and O–H groups in total. The summed E-state index contributed by atoms with van der Waals surface area (Å²) < 4.78 is 3.99. The molecule has 0 spiro atoms. The average molecular weight is 145 g/mol. The number of carbonyl (C=O) groups is 2. The lowest BCUT2D eigenvalue weighted by atomic mass is 10.8. The van der Waals surface area contributed by atoms with Crippen molar-refractivity contribution in [2.45, 2.75) is 6.92 Å². The van der Waals surface area contributed by atoms with Crippen LogP contribution in [-0.4, -0.2) is 12.1 Å². The van der Waals surface area contributed by atoms with E-state index < -0.39 is 12.1 Å². The lowest BCUT2D eigenvalue weighted by Gasteiger charge is -1.99. The summed E-state index contributed by atoms with van der Waals surface area (Å²) in [6.07, 6.45) is 0.0221. The quantitative estimate of drug-likeness (QED) is 0.263. The number of esters is 1. The van der Waals surface area contributed by atoms with Gasteiger partial charge in [0.2, 0.25) is 0 Å². The van der Waals surface area contributed by atoms with Gasteiger partial charge in [0.15, 0.2) is 0 Å². The number of hydrogen-bond donors (Lipinski definition) is 1. The highest BCUT2D eigenvalue weighted by atomic mass is 16.7. The molecule has 0 aliphatic heterocycles. The van der Waals surface area contributed by atoms with E-state index in [-0.39, 0.29) is 0 Å². The molecule has 0 aromatic carbocycles. The molecule has 0 aliphatic carbocycles. The highest BCUT2D eigenvalue weighted by molar-refractivity contribution is 5.82. The lowest BCUT2D eigenvalue weighted by molar-refractivity contribution is -0.135. The lowest BCUT2D eigenvalue weighted by Crippen LogP contribution is -2.24. The van der Waals surface area contributed by atoms with Crippen molar-refractivity contribution in [1.29, 1.82) is 0 Å².